The number of hydrogen-bond acceptors (Lipinski definition) is 6. The summed E-state index contributed by atoms with van der Waals surface area (Å²) in [6, 6.07) is 13.8. The minimum atomic E-state index is -0.558. The van der Waals surface area contributed by atoms with Crippen molar-refractivity contribution in [2.75, 3.05) is 10.6 Å². The lowest BCUT2D eigenvalue weighted by molar-refractivity contribution is -0.383. The van der Waals surface area contributed by atoms with Crippen LogP contribution in [0.1, 0.15) is 5.82 Å². The van der Waals surface area contributed by atoms with Crippen molar-refractivity contribution in [3.8, 4) is 0 Å². The number of halogens is 2. The van der Waals surface area contributed by atoms with Crippen LogP contribution in [0.4, 0.5) is 28.7 Å². The monoisotopic (exact) mass is 389 g/mol. The predicted octanol–water partition coefficient (Wildman–Crippen LogP) is 5.49. The van der Waals surface area contributed by atoms with Crippen LogP contribution in [0.25, 0.3) is 0 Å². The number of para-hydroxylation sites is 2. The van der Waals surface area contributed by atoms with Gasteiger partial charge in [-0.15, -0.1) is 0 Å². The second kappa shape index (κ2) is 7.55. The molecule has 9 heteroatoms. The largest absolute Gasteiger partial charge is 0.353 e. The first-order valence-electron chi connectivity index (χ1n) is 7.52. The average molecular weight is 390 g/mol. The van der Waals surface area contributed by atoms with Gasteiger partial charge in [-0.3, -0.25) is 10.1 Å². The van der Waals surface area contributed by atoms with Crippen LogP contribution in [0, 0.1) is 17.0 Å². The van der Waals surface area contributed by atoms with Gasteiger partial charge in [0.2, 0.25) is 11.6 Å². The van der Waals surface area contributed by atoms with Crippen LogP contribution in [0.5, 0.6) is 0 Å². The van der Waals surface area contributed by atoms with E-state index in [4.69, 9.17) is 23.2 Å². The molecule has 0 amide bonds. The Balaban J connectivity index is 2.08. The van der Waals surface area contributed by atoms with Gasteiger partial charge < -0.3 is 10.6 Å². The van der Waals surface area contributed by atoms with Crippen LogP contribution in [-0.4, -0.2) is 14.9 Å². The average Bonchev–Trinajstić information content (AvgIpc) is 2.58. The van der Waals surface area contributed by atoms with Crippen molar-refractivity contribution in [2.24, 2.45) is 0 Å². The summed E-state index contributed by atoms with van der Waals surface area (Å²) >= 11 is 12.3. The van der Waals surface area contributed by atoms with E-state index in [2.05, 4.69) is 20.6 Å². The number of anilines is 4. The number of rotatable bonds is 5. The van der Waals surface area contributed by atoms with Gasteiger partial charge in [0.1, 0.15) is 5.82 Å². The summed E-state index contributed by atoms with van der Waals surface area (Å²) in [6.45, 7) is 1.64. The summed E-state index contributed by atoms with van der Waals surface area (Å²) in [5.74, 6) is 0.412. The fourth-order valence-electron chi connectivity index (χ4n) is 2.29. The summed E-state index contributed by atoms with van der Waals surface area (Å²) in [4.78, 5) is 19.4. The van der Waals surface area contributed by atoms with E-state index in [0.717, 1.165) is 0 Å². The van der Waals surface area contributed by atoms with E-state index >= 15 is 0 Å². The zero-order valence-electron chi connectivity index (χ0n) is 13.5. The zero-order chi connectivity index (χ0) is 18.7. The Morgan fingerprint density at radius 3 is 1.69 bits per heavy atom. The van der Waals surface area contributed by atoms with Gasteiger partial charge >= 0.3 is 5.69 Å². The number of benzene rings is 2. The Bertz CT molecular complexity index is 912. The van der Waals surface area contributed by atoms with Gasteiger partial charge in [-0.1, -0.05) is 47.5 Å². The normalized spacial score (nSPS) is 10.4. The molecule has 0 aliphatic heterocycles. The van der Waals surface area contributed by atoms with Gasteiger partial charge in [-0.2, -0.15) is 0 Å². The molecule has 26 heavy (non-hydrogen) atoms. The van der Waals surface area contributed by atoms with Crippen LogP contribution in [0.3, 0.4) is 0 Å². The van der Waals surface area contributed by atoms with Gasteiger partial charge in [0.05, 0.1) is 26.3 Å². The minimum Gasteiger partial charge on any atom is -0.333 e. The second-order valence-electron chi connectivity index (χ2n) is 5.28. The predicted molar refractivity (Wildman–Crippen MR) is 103 cm³/mol. The molecule has 0 atom stereocenters. The minimum absolute atomic E-state index is 0.0325. The van der Waals surface area contributed by atoms with Gasteiger partial charge in [0, 0.05) is 0 Å². The molecule has 0 spiro atoms. The van der Waals surface area contributed by atoms with Gasteiger partial charge in [-0.05, 0) is 31.2 Å². The summed E-state index contributed by atoms with van der Waals surface area (Å²) in [6.07, 6.45) is 0. The molecular weight excluding hydrogens is 377 g/mol. The Kier molecular flexibility index (Phi) is 5.20. The van der Waals surface area contributed by atoms with Crippen LogP contribution < -0.4 is 10.6 Å². The summed E-state index contributed by atoms with van der Waals surface area (Å²) in [7, 11) is 0. The van der Waals surface area contributed by atoms with E-state index in [1.807, 2.05) is 0 Å². The van der Waals surface area contributed by atoms with Crippen molar-refractivity contribution in [2.45, 2.75) is 6.92 Å². The third-order valence-corrected chi connectivity index (χ3v) is 4.09. The van der Waals surface area contributed by atoms with Crippen molar-refractivity contribution in [1.82, 2.24) is 9.97 Å². The molecule has 132 valence electrons. The Morgan fingerprint density at radius 2 is 1.31 bits per heavy atom. The Labute approximate surface area is 159 Å². The van der Waals surface area contributed by atoms with E-state index in [1.54, 1.807) is 55.5 Å². The molecule has 7 nitrogen and oxygen atoms in total. The van der Waals surface area contributed by atoms with Crippen molar-refractivity contribution in [3.05, 3.63) is 74.5 Å². The number of nitrogens with one attached hydrogen (secondary N) is 2. The lowest BCUT2D eigenvalue weighted by atomic mass is 10.3. The van der Waals surface area contributed by atoms with Crippen molar-refractivity contribution in [1.29, 1.82) is 0 Å². The lowest BCUT2D eigenvalue weighted by Crippen LogP contribution is -2.08. The van der Waals surface area contributed by atoms with E-state index in [-0.39, 0.29) is 17.3 Å². The zero-order valence-corrected chi connectivity index (χ0v) is 15.0. The molecule has 0 unspecified atom stereocenters. The topological polar surface area (TPSA) is 93.0 Å². The van der Waals surface area contributed by atoms with Crippen LogP contribution in [0.15, 0.2) is 48.5 Å². The van der Waals surface area contributed by atoms with Crippen LogP contribution in [0.2, 0.25) is 10.0 Å². The third kappa shape index (κ3) is 3.84. The molecule has 1 heterocycles. The van der Waals surface area contributed by atoms with E-state index in [0.29, 0.717) is 27.2 Å². The molecule has 0 fully saturated rings. The van der Waals surface area contributed by atoms with Crippen molar-refractivity contribution >= 4 is 51.9 Å². The molecular formula is C17H13Cl2N5O2. The van der Waals surface area contributed by atoms with E-state index < -0.39 is 4.92 Å². The maximum Gasteiger partial charge on any atom is 0.353 e. The molecule has 2 N–H and O–H groups in total. The van der Waals surface area contributed by atoms with Gasteiger partial charge in [-0.25, -0.2) is 9.97 Å². The maximum atomic E-state index is 11.7. The highest BCUT2D eigenvalue weighted by Gasteiger charge is 2.25. The van der Waals surface area contributed by atoms with Crippen LogP contribution >= 0.6 is 23.2 Å². The molecule has 1 aromatic heterocycles. The first-order valence-corrected chi connectivity index (χ1v) is 8.27. The number of hydrogen-bond donors (Lipinski definition) is 2. The maximum absolute atomic E-state index is 11.7. The highest BCUT2D eigenvalue weighted by molar-refractivity contribution is 6.33. The quantitative estimate of drug-likeness (QED) is 0.442. The van der Waals surface area contributed by atoms with E-state index in [9.17, 15) is 10.1 Å². The molecule has 3 aromatic rings. The first-order chi connectivity index (χ1) is 12.5. The number of aromatic nitrogens is 2. The van der Waals surface area contributed by atoms with E-state index in [1.165, 1.54) is 0 Å². The van der Waals surface area contributed by atoms with Crippen molar-refractivity contribution < 1.29 is 4.92 Å². The smallest absolute Gasteiger partial charge is 0.333 e. The molecule has 0 radical (unpaired) electrons. The summed E-state index contributed by atoms with van der Waals surface area (Å²) < 4.78 is 0. The number of nitro groups is 1. The van der Waals surface area contributed by atoms with Crippen molar-refractivity contribution in [3.63, 3.8) is 0 Å². The fraction of sp³-hybridized carbons (Fsp3) is 0.0588. The molecule has 3 rings (SSSR count). The summed E-state index contributed by atoms with van der Waals surface area (Å²) in [5, 5.41) is 18.3. The lowest BCUT2D eigenvalue weighted by Gasteiger charge is -2.12. The standard InChI is InChI=1S/C17H13Cl2N5O2/c1-10-20-16(22-13-8-4-2-6-11(13)18)15(24(25)26)17(21-10)23-14-9-5-3-7-12(14)19/h2-9H,1H3,(H2,20,21,22,23). The second-order valence-corrected chi connectivity index (χ2v) is 6.10. The Morgan fingerprint density at radius 1 is 0.885 bits per heavy atom. The first kappa shape index (κ1) is 17.9. The molecule has 2 aromatic carbocycles. The highest BCUT2D eigenvalue weighted by atomic mass is 35.5. The summed E-state index contributed by atoms with van der Waals surface area (Å²) in [5.41, 5.74) is 0.688. The number of aryl methyl sites for hydroxylation is 1. The third-order valence-electron chi connectivity index (χ3n) is 3.43. The fourth-order valence-corrected chi connectivity index (χ4v) is 2.66. The molecule has 0 aliphatic rings. The number of nitrogens with zero attached hydrogens (tertiary/aromatic N) is 3. The molecule has 0 saturated carbocycles. The van der Waals surface area contributed by atoms with Gasteiger partial charge in [0.15, 0.2) is 0 Å². The Hall–Kier alpha value is -2.90. The molecule has 0 bridgehead atoms. The van der Waals surface area contributed by atoms with Crippen LogP contribution in [-0.2, 0) is 0 Å². The molecule has 0 saturated heterocycles. The van der Waals surface area contributed by atoms with Gasteiger partial charge in [0.25, 0.3) is 0 Å². The highest BCUT2D eigenvalue weighted by Crippen LogP contribution is 2.36. The molecule has 0 aliphatic carbocycles. The SMILES string of the molecule is Cc1nc(Nc2ccccc2Cl)c([N+](=O)[O-])c(Nc2ccccc2Cl)n1.